The van der Waals surface area contributed by atoms with Gasteiger partial charge in [-0.15, -0.1) is 0 Å². The lowest BCUT2D eigenvalue weighted by molar-refractivity contribution is -0.139. The van der Waals surface area contributed by atoms with Crippen LogP contribution in [0.3, 0.4) is 0 Å². The highest BCUT2D eigenvalue weighted by molar-refractivity contribution is 5.95. The van der Waals surface area contributed by atoms with Crippen molar-refractivity contribution in [2.24, 2.45) is 0 Å². The minimum absolute atomic E-state index is 0.233. The van der Waals surface area contributed by atoms with Gasteiger partial charge in [0, 0.05) is 24.1 Å². The summed E-state index contributed by atoms with van der Waals surface area (Å²) in [5.74, 6) is 0.566. The summed E-state index contributed by atoms with van der Waals surface area (Å²) in [6.07, 6.45) is 0.815. The van der Waals surface area contributed by atoms with Gasteiger partial charge in [-0.1, -0.05) is 12.1 Å². The molecule has 0 bridgehead atoms. The van der Waals surface area contributed by atoms with Crippen LogP contribution in [0.1, 0.15) is 33.5 Å². The van der Waals surface area contributed by atoms with Crippen LogP contribution in [-0.2, 0) is 11.3 Å². The summed E-state index contributed by atoms with van der Waals surface area (Å²) in [7, 11) is 0. The molecule has 0 radical (unpaired) electrons. The number of carbonyl (C=O) groups excluding carboxylic acids is 1. The maximum absolute atomic E-state index is 12.6. The number of para-hydroxylation sites is 1. The highest BCUT2D eigenvalue weighted by Crippen LogP contribution is 2.33. The number of hydrogen-bond acceptors (Lipinski definition) is 5. The molecule has 2 N–H and O–H groups in total. The van der Waals surface area contributed by atoms with Crippen LogP contribution in [0.2, 0.25) is 0 Å². The Morgan fingerprint density at radius 1 is 1.14 bits per heavy atom. The van der Waals surface area contributed by atoms with E-state index >= 15 is 0 Å². The van der Waals surface area contributed by atoms with Gasteiger partial charge in [-0.2, -0.15) is 0 Å². The minimum atomic E-state index is -1.05. The molecule has 28 heavy (non-hydrogen) atoms. The number of rotatable bonds is 6. The lowest BCUT2D eigenvalue weighted by Crippen LogP contribution is -2.23. The summed E-state index contributed by atoms with van der Waals surface area (Å²) < 4.78 is 16.8. The number of amides is 1. The van der Waals surface area contributed by atoms with Crippen LogP contribution >= 0.6 is 0 Å². The van der Waals surface area contributed by atoms with Gasteiger partial charge in [0.2, 0.25) is 0 Å². The second-order valence-corrected chi connectivity index (χ2v) is 6.60. The number of hydrogen-bond donors (Lipinski definition) is 2. The first kappa shape index (κ1) is 19.5. The molecule has 0 aliphatic carbocycles. The summed E-state index contributed by atoms with van der Waals surface area (Å²) in [4.78, 5) is 23.3. The first-order valence-corrected chi connectivity index (χ1v) is 9.07. The second kappa shape index (κ2) is 8.65. The van der Waals surface area contributed by atoms with Gasteiger partial charge in [-0.05, 0) is 43.2 Å². The van der Waals surface area contributed by atoms with Crippen LogP contribution in [0.4, 0.5) is 0 Å². The predicted molar refractivity (Wildman–Crippen MR) is 102 cm³/mol. The van der Waals surface area contributed by atoms with Crippen LogP contribution in [0.25, 0.3) is 0 Å². The fourth-order valence-electron chi connectivity index (χ4n) is 3.11. The van der Waals surface area contributed by atoms with E-state index < -0.39 is 12.6 Å². The van der Waals surface area contributed by atoms with E-state index in [2.05, 4.69) is 5.32 Å². The number of aryl methyl sites for hydroxylation is 2. The largest absolute Gasteiger partial charge is 0.490 e. The van der Waals surface area contributed by atoms with Gasteiger partial charge in [0.05, 0.1) is 13.2 Å². The number of fused-ring (bicyclic) bond motifs is 1. The lowest BCUT2D eigenvalue weighted by atomic mass is 10.0. The van der Waals surface area contributed by atoms with Gasteiger partial charge >= 0.3 is 5.97 Å². The van der Waals surface area contributed by atoms with E-state index in [0.717, 1.165) is 12.0 Å². The Balaban J connectivity index is 1.71. The Kier molecular flexibility index (Phi) is 6.03. The summed E-state index contributed by atoms with van der Waals surface area (Å²) >= 11 is 0. The molecule has 0 fully saturated rings. The Bertz CT molecular complexity index is 869. The van der Waals surface area contributed by atoms with E-state index in [0.29, 0.717) is 53.7 Å². The van der Waals surface area contributed by atoms with E-state index in [1.807, 2.05) is 18.2 Å². The van der Waals surface area contributed by atoms with Crippen molar-refractivity contribution in [1.82, 2.24) is 5.32 Å². The van der Waals surface area contributed by atoms with Crippen LogP contribution < -0.4 is 19.5 Å². The van der Waals surface area contributed by atoms with Crippen LogP contribution in [-0.4, -0.2) is 36.8 Å². The van der Waals surface area contributed by atoms with Gasteiger partial charge in [-0.25, -0.2) is 4.79 Å². The van der Waals surface area contributed by atoms with Gasteiger partial charge in [-0.3, -0.25) is 4.79 Å². The Hall–Kier alpha value is -3.22. The zero-order chi connectivity index (χ0) is 20.1. The molecule has 1 aliphatic rings. The summed E-state index contributed by atoms with van der Waals surface area (Å²) in [6, 6.07) is 8.99. The SMILES string of the molecule is Cc1cc(C(=O)NCc2cccc3c2OCCCO3)cc(C)c1OCC(=O)O. The fraction of sp³-hybridized carbons (Fsp3) is 0.333. The normalized spacial score (nSPS) is 12.8. The van der Waals surface area contributed by atoms with Crippen molar-refractivity contribution in [3.8, 4) is 17.2 Å². The number of carboxylic acid groups (broad SMARTS) is 1. The third-order valence-electron chi connectivity index (χ3n) is 4.35. The average molecular weight is 385 g/mol. The zero-order valence-corrected chi connectivity index (χ0v) is 15.9. The quantitative estimate of drug-likeness (QED) is 0.794. The molecule has 0 saturated carbocycles. The topological polar surface area (TPSA) is 94.1 Å². The van der Waals surface area contributed by atoms with Crippen molar-refractivity contribution in [2.45, 2.75) is 26.8 Å². The van der Waals surface area contributed by atoms with E-state index in [1.54, 1.807) is 26.0 Å². The second-order valence-electron chi connectivity index (χ2n) is 6.60. The molecular weight excluding hydrogens is 362 g/mol. The van der Waals surface area contributed by atoms with Crippen LogP contribution in [0, 0.1) is 13.8 Å². The highest BCUT2D eigenvalue weighted by Gasteiger charge is 2.16. The van der Waals surface area contributed by atoms with E-state index in [9.17, 15) is 9.59 Å². The van der Waals surface area contributed by atoms with Gasteiger partial charge in [0.25, 0.3) is 5.91 Å². The summed E-state index contributed by atoms with van der Waals surface area (Å²) in [5.41, 5.74) is 2.74. The van der Waals surface area contributed by atoms with Crippen LogP contribution in [0.15, 0.2) is 30.3 Å². The number of nitrogens with one attached hydrogen (secondary N) is 1. The molecule has 148 valence electrons. The molecule has 3 rings (SSSR count). The maximum Gasteiger partial charge on any atom is 0.341 e. The smallest absolute Gasteiger partial charge is 0.341 e. The van der Waals surface area contributed by atoms with Gasteiger partial charge in [0.15, 0.2) is 18.1 Å². The van der Waals surface area contributed by atoms with Crippen molar-refractivity contribution in [3.63, 3.8) is 0 Å². The van der Waals surface area contributed by atoms with Crippen molar-refractivity contribution in [2.75, 3.05) is 19.8 Å². The van der Waals surface area contributed by atoms with Gasteiger partial charge < -0.3 is 24.6 Å². The molecule has 0 unspecified atom stereocenters. The van der Waals surface area contributed by atoms with Crippen molar-refractivity contribution < 1.29 is 28.9 Å². The molecule has 1 amide bonds. The molecule has 0 saturated heterocycles. The molecule has 1 heterocycles. The Morgan fingerprint density at radius 2 is 1.86 bits per heavy atom. The van der Waals surface area contributed by atoms with Crippen molar-refractivity contribution in [3.05, 3.63) is 52.6 Å². The standard InChI is InChI=1S/C21H23NO6/c1-13-9-16(10-14(2)19(13)28-12-18(23)24)21(25)22-11-15-5-3-6-17-20(15)27-8-4-7-26-17/h3,5-6,9-10H,4,7-8,11-12H2,1-2H3,(H,22,25)(H,23,24). The lowest BCUT2D eigenvalue weighted by Gasteiger charge is -2.15. The Morgan fingerprint density at radius 3 is 2.57 bits per heavy atom. The molecule has 0 spiro atoms. The first-order chi connectivity index (χ1) is 13.5. The summed E-state index contributed by atoms with van der Waals surface area (Å²) in [5, 5.41) is 11.7. The number of carboxylic acids is 1. The molecule has 1 aliphatic heterocycles. The van der Waals surface area contributed by atoms with E-state index in [4.69, 9.17) is 19.3 Å². The number of carbonyl (C=O) groups is 2. The highest BCUT2D eigenvalue weighted by atomic mass is 16.5. The average Bonchev–Trinajstić information content (AvgIpc) is 2.91. The molecule has 2 aromatic rings. The fourth-order valence-corrected chi connectivity index (χ4v) is 3.11. The molecule has 0 atom stereocenters. The predicted octanol–water partition coefficient (Wildman–Crippen LogP) is 2.86. The third-order valence-corrected chi connectivity index (χ3v) is 4.35. The van der Waals surface area contributed by atoms with Crippen LogP contribution in [0.5, 0.6) is 17.2 Å². The Labute approximate surface area is 163 Å². The molecule has 2 aromatic carbocycles. The monoisotopic (exact) mass is 385 g/mol. The van der Waals surface area contributed by atoms with Crippen molar-refractivity contribution in [1.29, 1.82) is 0 Å². The number of benzene rings is 2. The number of aliphatic carboxylic acids is 1. The third kappa shape index (κ3) is 4.54. The zero-order valence-electron chi connectivity index (χ0n) is 15.9. The number of ether oxygens (including phenoxy) is 3. The minimum Gasteiger partial charge on any atom is -0.490 e. The summed E-state index contributed by atoms with van der Waals surface area (Å²) in [6.45, 7) is 4.63. The maximum atomic E-state index is 12.6. The van der Waals surface area contributed by atoms with Crippen molar-refractivity contribution >= 4 is 11.9 Å². The van der Waals surface area contributed by atoms with E-state index in [1.165, 1.54) is 0 Å². The molecule has 7 heteroatoms. The first-order valence-electron chi connectivity index (χ1n) is 9.07. The van der Waals surface area contributed by atoms with E-state index in [-0.39, 0.29) is 5.91 Å². The molecule has 7 nitrogen and oxygen atoms in total. The molecule has 0 aromatic heterocycles. The van der Waals surface area contributed by atoms with Gasteiger partial charge in [0.1, 0.15) is 5.75 Å². The molecular formula is C21H23NO6.